The molecule has 0 fully saturated rings. The molecule has 0 aliphatic carbocycles. The number of nitrogens with two attached hydrogens (primary N) is 1. The molecule has 0 unspecified atom stereocenters. The van der Waals surface area contributed by atoms with Crippen LogP contribution in [0.2, 0.25) is 0 Å². The van der Waals surface area contributed by atoms with E-state index in [9.17, 15) is 82.1 Å². The summed E-state index contributed by atoms with van der Waals surface area (Å²) in [4.78, 5) is 202. The van der Waals surface area contributed by atoms with Crippen molar-refractivity contribution < 1.29 is 82.1 Å². The number of carbonyl (C=O) groups is 15. The first-order chi connectivity index (χ1) is 47.0. The Bertz CT molecular complexity index is 3100. The molecule has 2 aromatic rings. The second-order valence-corrected chi connectivity index (χ2v) is 26.4. The minimum absolute atomic E-state index is 0.0398. The quantitative estimate of drug-likeness (QED) is 0.0412. The van der Waals surface area contributed by atoms with Crippen molar-refractivity contribution in [3.63, 3.8) is 0 Å². The van der Waals surface area contributed by atoms with Crippen molar-refractivity contribution in [3.8, 4) is 0 Å². The highest BCUT2D eigenvalue weighted by Gasteiger charge is 2.39. The summed E-state index contributed by atoms with van der Waals surface area (Å²) in [6.07, 6.45) is -0.622. The van der Waals surface area contributed by atoms with Crippen molar-refractivity contribution in [1.29, 1.82) is 0 Å². The summed E-state index contributed by atoms with van der Waals surface area (Å²) < 4.78 is 0. The molecule has 0 radical (unpaired) electrons. The number of amides is 13. The Morgan fingerprint density at radius 2 is 0.630 bits per heavy atom. The highest BCUT2D eigenvalue weighted by atomic mass is 16.4. The molecule has 0 aromatic heterocycles. The maximum Gasteiger partial charge on any atom is 0.305 e. The standard InChI is InChI=1S/C70H109N13O17/c1-15-39(9)56(73-43(13)84)69(99)80-54(37(5)6)65(95)82-58(41(11)17-3)67(97)78-48(33-45-27-21-19-22-28-45)62(92)76-50(35-52(86)87)61(91)72-32-26-25-31-47(60(71)90)75-64(94)51(36-53(88)89)77-63(93)49(34-46-29-23-20-24-30-46)79-68(98)59(42(12)18-4)83-66(96)55(38(7)8)81-70(100)57(40(10)16-2)74-44(14)85/h19-24,27-30,37-42,47-51,54-59H,15-18,25-26,31-36H2,1-14H3,(H2,71,90)(H,72,91)(H,73,84)(H,74,85)(H,75,94)(H,76,92)(H,77,93)(H,78,97)(H,79,98)(H,80,99)(H,81,100)(H,82,95)(H,83,96)(H,86,87)(H,88,89)/t39-,40-,41-,42-,47-,48-,49-,50-,51-,54-,55-,56-,57-,58-,59-/m0/s1. The average molecular weight is 1400 g/mol. The number of aliphatic carboxylic acids is 2. The summed E-state index contributed by atoms with van der Waals surface area (Å²) in [6, 6.07) is 1.92. The van der Waals surface area contributed by atoms with Crippen LogP contribution in [-0.4, -0.2) is 172 Å². The van der Waals surface area contributed by atoms with Crippen molar-refractivity contribution in [3.05, 3.63) is 71.8 Å². The molecule has 100 heavy (non-hydrogen) atoms. The summed E-state index contributed by atoms with van der Waals surface area (Å²) in [5, 5.41) is 51.2. The van der Waals surface area contributed by atoms with Crippen molar-refractivity contribution in [2.24, 2.45) is 41.2 Å². The average Bonchev–Trinajstić information content (AvgIpc) is 0.846. The number of carboxylic acids is 2. The molecule has 30 nitrogen and oxygen atoms in total. The first-order valence-electron chi connectivity index (χ1n) is 34.4. The maximum absolute atomic E-state index is 14.4. The number of primary amides is 1. The number of rotatable bonds is 45. The van der Waals surface area contributed by atoms with E-state index in [-0.39, 0.29) is 50.5 Å². The Hall–Kier alpha value is -9.51. The molecule has 2 rings (SSSR count). The largest absolute Gasteiger partial charge is 0.481 e. The van der Waals surface area contributed by atoms with Crippen LogP contribution in [0.3, 0.4) is 0 Å². The monoisotopic (exact) mass is 1400 g/mol. The zero-order valence-corrected chi connectivity index (χ0v) is 60.2. The molecule has 0 bridgehead atoms. The van der Waals surface area contributed by atoms with Crippen LogP contribution >= 0.6 is 0 Å². The number of unbranched alkanes of at least 4 members (excludes halogenated alkanes) is 1. The number of carbonyl (C=O) groups excluding carboxylic acids is 13. The zero-order valence-electron chi connectivity index (χ0n) is 60.2. The van der Waals surface area contributed by atoms with E-state index >= 15 is 0 Å². The van der Waals surface area contributed by atoms with Gasteiger partial charge in [0.05, 0.1) is 12.8 Å². The molecule has 13 amide bonds. The van der Waals surface area contributed by atoms with Gasteiger partial charge in [0, 0.05) is 33.2 Å². The maximum atomic E-state index is 14.4. The summed E-state index contributed by atoms with van der Waals surface area (Å²) in [6.45, 7) is 23.2. The van der Waals surface area contributed by atoms with E-state index in [0.717, 1.165) is 0 Å². The lowest BCUT2D eigenvalue weighted by Gasteiger charge is -2.31. The van der Waals surface area contributed by atoms with E-state index in [2.05, 4.69) is 63.8 Å². The van der Waals surface area contributed by atoms with E-state index in [1.54, 1.807) is 130 Å². The SMILES string of the molecule is CC[C@H](C)[C@H](NC(C)=O)C(=O)N[C@H](C(=O)N[C@H](C(=O)N[C@@H](Cc1ccccc1)C(=O)N[C@@H](CC(=O)O)C(=O)NCCCC[C@H](NC(=O)[C@H](CC(=O)O)NC(=O)[C@H](Cc1ccccc1)NC(=O)[C@@H](NC(=O)[C@@H](NC(=O)[C@@H](NC(C)=O)[C@@H](C)CC)C(C)C)[C@@H](C)CC)C(N)=O)[C@@H](C)CC)C(C)C. The summed E-state index contributed by atoms with van der Waals surface area (Å²) in [7, 11) is 0. The van der Waals surface area contributed by atoms with Crippen molar-refractivity contribution >= 4 is 88.7 Å². The minimum atomic E-state index is -1.86. The molecule has 2 aromatic carbocycles. The summed E-state index contributed by atoms with van der Waals surface area (Å²) in [5.74, 6) is -16.1. The predicted octanol–water partition coefficient (Wildman–Crippen LogP) is 1.06. The Balaban J connectivity index is 2.34. The first kappa shape index (κ1) is 86.6. The van der Waals surface area contributed by atoms with Gasteiger partial charge in [-0.05, 0) is 65.9 Å². The molecule has 30 heteroatoms. The highest BCUT2D eigenvalue weighted by molar-refractivity contribution is 6.00. The van der Waals surface area contributed by atoms with Crippen LogP contribution in [0.1, 0.15) is 166 Å². The molecule has 0 heterocycles. The summed E-state index contributed by atoms with van der Waals surface area (Å²) in [5.41, 5.74) is 6.79. The molecular weight excluding hydrogens is 1290 g/mol. The lowest BCUT2D eigenvalue weighted by Crippen LogP contribution is -2.62. The lowest BCUT2D eigenvalue weighted by molar-refractivity contribution is -0.141. The smallest absolute Gasteiger partial charge is 0.305 e. The van der Waals surface area contributed by atoms with E-state index in [0.29, 0.717) is 36.8 Å². The van der Waals surface area contributed by atoms with Gasteiger partial charge in [-0.3, -0.25) is 71.9 Å². The van der Waals surface area contributed by atoms with Gasteiger partial charge in [-0.25, -0.2) is 0 Å². The molecule has 556 valence electrons. The summed E-state index contributed by atoms with van der Waals surface area (Å²) >= 11 is 0. The third kappa shape index (κ3) is 29.9. The molecule has 15 atom stereocenters. The fourth-order valence-electron chi connectivity index (χ4n) is 10.6. The fraction of sp³-hybridized carbons (Fsp3) is 0.614. The van der Waals surface area contributed by atoms with E-state index in [1.165, 1.54) is 13.8 Å². The second-order valence-electron chi connectivity index (χ2n) is 26.4. The molecule has 0 saturated heterocycles. The molecule has 0 aliphatic rings. The normalized spacial score (nSPS) is 15.7. The van der Waals surface area contributed by atoms with Crippen LogP contribution in [0.15, 0.2) is 60.7 Å². The van der Waals surface area contributed by atoms with E-state index < -0.39 is 192 Å². The van der Waals surface area contributed by atoms with Gasteiger partial charge in [0.15, 0.2) is 0 Å². The van der Waals surface area contributed by atoms with E-state index in [1.807, 2.05) is 13.8 Å². The molecule has 0 spiro atoms. The van der Waals surface area contributed by atoms with E-state index in [4.69, 9.17) is 5.73 Å². The van der Waals surface area contributed by atoms with Crippen LogP contribution in [0.4, 0.5) is 0 Å². The number of carboxylic acid groups (broad SMARTS) is 2. The molecule has 0 aliphatic heterocycles. The van der Waals surface area contributed by atoms with Gasteiger partial charge in [0.2, 0.25) is 76.8 Å². The van der Waals surface area contributed by atoms with Gasteiger partial charge in [0.25, 0.3) is 0 Å². The Labute approximate surface area is 586 Å². The number of nitrogens with one attached hydrogen (secondary N) is 12. The van der Waals surface area contributed by atoms with Crippen molar-refractivity contribution in [1.82, 2.24) is 63.8 Å². The van der Waals surface area contributed by atoms with Crippen LogP contribution < -0.4 is 69.5 Å². The van der Waals surface area contributed by atoms with Crippen molar-refractivity contribution in [2.75, 3.05) is 6.54 Å². The number of benzene rings is 2. The van der Waals surface area contributed by atoms with Gasteiger partial charge in [-0.1, -0.05) is 169 Å². The third-order valence-electron chi connectivity index (χ3n) is 17.5. The highest BCUT2D eigenvalue weighted by Crippen LogP contribution is 2.18. The molecule has 0 saturated carbocycles. The van der Waals surface area contributed by atoms with Crippen LogP contribution in [0, 0.1) is 35.5 Å². The van der Waals surface area contributed by atoms with Gasteiger partial charge >= 0.3 is 11.9 Å². The Kier molecular flexibility index (Phi) is 37.9. The molecular formula is C70H109N13O17. The van der Waals surface area contributed by atoms with Crippen LogP contribution in [0.25, 0.3) is 0 Å². The second kappa shape index (κ2) is 43.8. The first-order valence-corrected chi connectivity index (χ1v) is 34.4. The Morgan fingerprint density at radius 1 is 0.350 bits per heavy atom. The van der Waals surface area contributed by atoms with Gasteiger partial charge in [-0.15, -0.1) is 0 Å². The Morgan fingerprint density at radius 3 is 0.940 bits per heavy atom. The van der Waals surface area contributed by atoms with Gasteiger partial charge in [-0.2, -0.15) is 0 Å². The number of hydrogen-bond donors (Lipinski definition) is 15. The number of hydrogen-bond acceptors (Lipinski definition) is 15. The van der Waals surface area contributed by atoms with Crippen molar-refractivity contribution in [2.45, 2.75) is 234 Å². The predicted molar refractivity (Wildman–Crippen MR) is 371 cm³/mol. The zero-order chi connectivity index (χ0) is 75.7. The van der Waals surface area contributed by atoms with Gasteiger partial charge < -0.3 is 79.7 Å². The third-order valence-corrected chi connectivity index (χ3v) is 17.5. The minimum Gasteiger partial charge on any atom is -0.481 e. The van der Waals surface area contributed by atoms with Crippen LogP contribution in [-0.2, 0) is 84.8 Å². The molecule has 16 N–H and O–H groups in total. The topological polar surface area (TPSA) is 467 Å². The fourth-order valence-corrected chi connectivity index (χ4v) is 10.6. The lowest BCUT2D eigenvalue weighted by atomic mass is 9.94. The van der Waals surface area contributed by atoms with Gasteiger partial charge in [0.1, 0.15) is 66.5 Å². The van der Waals surface area contributed by atoms with Crippen LogP contribution in [0.5, 0.6) is 0 Å².